The summed E-state index contributed by atoms with van der Waals surface area (Å²) in [5.41, 5.74) is 6.78. The summed E-state index contributed by atoms with van der Waals surface area (Å²) in [6.07, 6.45) is 0. The molecule has 224 valence electrons. The summed E-state index contributed by atoms with van der Waals surface area (Å²) >= 11 is 1.84. The lowest BCUT2D eigenvalue weighted by Crippen LogP contribution is -2.00. The highest BCUT2D eigenvalue weighted by molar-refractivity contribution is 7.25. The molecule has 0 spiro atoms. The van der Waals surface area contributed by atoms with E-state index in [9.17, 15) is 0 Å². The molecule has 0 radical (unpaired) electrons. The topological polar surface area (TPSA) is 51.8 Å². The van der Waals surface area contributed by atoms with Crippen LogP contribution in [0.25, 0.3) is 98.2 Å². The lowest BCUT2D eigenvalue weighted by Gasteiger charge is -2.10. The van der Waals surface area contributed by atoms with Gasteiger partial charge in [0.1, 0.15) is 11.2 Å². The Kier molecular flexibility index (Phi) is 6.01. The van der Waals surface area contributed by atoms with Crippen LogP contribution in [0.5, 0.6) is 0 Å². The number of aromatic nitrogens is 3. The number of rotatable bonds is 4. The smallest absolute Gasteiger partial charge is 0.164 e. The molecule has 5 heteroatoms. The number of hydrogen-bond acceptors (Lipinski definition) is 5. The first-order chi connectivity index (χ1) is 23.8. The van der Waals surface area contributed by atoms with Crippen LogP contribution in [0.1, 0.15) is 0 Å². The quantitative estimate of drug-likeness (QED) is 0.194. The van der Waals surface area contributed by atoms with E-state index >= 15 is 0 Å². The summed E-state index contributed by atoms with van der Waals surface area (Å²) < 4.78 is 9.29. The van der Waals surface area contributed by atoms with E-state index < -0.39 is 0 Å². The summed E-state index contributed by atoms with van der Waals surface area (Å²) in [5, 5.41) is 6.83. The van der Waals surface area contributed by atoms with Gasteiger partial charge >= 0.3 is 0 Å². The van der Waals surface area contributed by atoms with Crippen LogP contribution in [-0.2, 0) is 0 Å². The average molecular weight is 632 g/mol. The van der Waals surface area contributed by atoms with Gasteiger partial charge in [-0.1, -0.05) is 121 Å². The number of hydrogen-bond donors (Lipinski definition) is 0. The molecule has 0 saturated heterocycles. The molecule has 0 fully saturated rings. The van der Waals surface area contributed by atoms with Gasteiger partial charge in [-0.2, -0.15) is 0 Å². The zero-order valence-electron chi connectivity index (χ0n) is 25.6. The molecule has 3 heterocycles. The van der Waals surface area contributed by atoms with Crippen molar-refractivity contribution in [3.05, 3.63) is 152 Å². The molecule has 0 atom stereocenters. The molecular weight excluding hydrogens is 607 g/mol. The van der Waals surface area contributed by atoms with Gasteiger partial charge in [-0.3, -0.25) is 0 Å². The molecule has 0 saturated carbocycles. The molecule has 0 aliphatic heterocycles. The van der Waals surface area contributed by atoms with Gasteiger partial charge in [0.25, 0.3) is 0 Å². The molecule has 3 aromatic heterocycles. The van der Waals surface area contributed by atoms with E-state index in [0.717, 1.165) is 49.4 Å². The fraction of sp³-hybridized carbons (Fsp3) is 0. The molecular formula is C43H25N3OS. The minimum Gasteiger partial charge on any atom is -0.455 e. The van der Waals surface area contributed by atoms with Gasteiger partial charge in [0.15, 0.2) is 17.5 Å². The van der Waals surface area contributed by atoms with Crippen LogP contribution in [0.2, 0.25) is 0 Å². The van der Waals surface area contributed by atoms with Gasteiger partial charge in [-0.05, 0) is 46.8 Å². The zero-order valence-corrected chi connectivity index (χ0v) is 26.4. The molecule has 48 heavy (non-hydrogen) atoms. The van der Waals surface area contributed by atoms with E-state index in [4.69, 9.17) is 19.4 Å². The van der Waals surface area contributed by atoms with Gasteiger partial charge in [0.2, 0.25) is 0 Å². The Morgan fingerprint density at radius 2 is 1.02 bits per heavy atom. The van der Waals surface area contributed by atoms with E-state index in [2.05, 4.69) is 78.9 Å². The Hall–Kier alpha value is -6.17. The Morgan fingerprint density at radius 1 is 0.396 bits per heavy atom. The van der Waals surface area contributed by atoms with E-state index in [-0.39, 0.29) is 0 Å². The zero-order chi connectivity index (χ0) is 31.6. The van der Waals surface area contributed by atoms with Crippen molar-refractivity contribution in [3.8, 4) is 45.3 Å². The summed E-state index contributed by atoms with van der Waals surface area (Å²) in [7, 11) is 0. The maximum Gasteiger partial charge on any atom is 0.164 e. The monoisotopic (exact) mass is 631 g/mol. The molecule has 0 unspecified atom stereocenters. The Balaban J connectivity index is 1.26. The molecule has 10 rings (SSSR count). The van der Waals surface area contributed by atoms with Crippen LogP contribution >= 0.6 is 11.3 Å². The second-order valence-electron chi connectivity index (χ2n) is 12.0. The molecule has 10 aromatic rings. The fourth-order valence-corrected chi connectivity index (χ4v) is 7.98. The third-order valence-corrected chi connectivity index (χ3v) is 10.3. The number of thiophene rings is 1. The third kappa shape index (κ3) is 4.25. The van der Waals surface area contributed by atoms with Gasteiger partial charge < -0.3 is 4.42 Å². The van der Waals surface area contributed by atoms with E-state index in [1.165, 1.54) is 31.3 Å². The number of furan rings is 1. The summed E-state index contributed by atoms with van der Waals surface area (Å²) in [6.45, 7) is 0. The Bertz CT molecular complexity index is 2780. The summed E-state index contributed by atoms with van der Waals surface area (Å²) in [6, 6.07) is 52.7. The SMILES string of the molecule is c1ccc(-c2nc(-c3ccccc3)nc(-c3cccc4oc5c6ccccc6c(-c6ccc7sc8ccccc8c7c6)cc5c34)n2)cc1. The van der Waals surface area contributed by atoms with Crippen molar-refractivity contribution in [2.45, 2.75) is 0 Å². The molecule has 0 bridgehead atoms. The van der Waals surface area contributed by atoms with Crippen LogP contribution in [-0.4, -0.2) is 15.0 Å². The largest absolute Gasteiger partial charge is 0.455 e. The van der Waals surface area contributed by atoms with Crippen LogP contribution in [0.15, 0.2) is 156 Å². The highest BCUT2D eigenvalue weighted by Gasteiger charge is 2.21. The molecule has 0 aliphatic rings. The predicted octanol–water partition coefficient (Wildman–Crippen LogP) is 12.0. The second kappa shape index (κ2) is 10.7. The molecule has 0 aliphatic carbocycles. The number of fused-ring (bicyclic) bond motifs is 8. The molecule has 4 nitrogen and oxygen atoms in total. The molecule has 7 aromatic carbocycles. The number of benzene rings is 7. The van der Waals surface area contributed by atoms with Crippen molar-refractivity contribution in [1.82, 2.24) is 15.0 Å². The fourth-order valence-electron chi connectivity index (χ4n) is 6.90. The lowest BCUT2D eigenvalue weighted by molar-refractivity contribution is 0.673. The maximum absolute atomic E-state index is 6.69. The lowest BCUT2D eigenvalue weighted by atomic mass is 9.93. The van der Waals surface area contributed by atoms with Crippen LogP contribution in [0, 0.1) is 0 Å². The van der Waals surface area contributed by atoms with Gasteiger partial charge in [0, 0.05) is 53.0 Å². The third-order valence-electron chi connectivity index (χ3n) is 9.13. The first-order valence-electron chi connectivity index (χ1n) is 15.9. The summed E-state index contributed by atoms with van der Waals surface area (Å²) in [4.78, 5) is 15.1. The van der Waals surface area contributed by atoms with Crippen molar-refractivity contribution in [2.24, 2.45) is 0 Å². The number of nitrogens with zero attached hydrogens (tertiary/aromatic N) is 3. The average Bonchev–Trinajstić information content (AvgIpc) is 3.73. The van der Waals surface area contributed by atoms with Crippen LogP contribution in [0.4, 0.5) is 0 Å². The van der Waals surface area contributed by atoms with Crippen molar-refractivity contribution >= 4 is 64.2 Å². The summed E-state index contributed by atoms with van der Waals surface area (Å²) in [5.74, 6) is 1.87. The first-order valence-corrected chi connectivity index (χ1v) is 16.8. The second-order valence-corrected chi connectivity index (χ2v) is 13.1. The normalized spacial score (nSPS) is 11.8. The van der Waals surface area contributed by atoms with Crippen molar-refractivity contribution in [2.75, 3.05) is 0 Å². The van der Waals surface area contributed by atoms with Crippen LogP contribution < -0.4 is 0 Å². The van der Waals surface area contributed by atoms with E-state index in [1.807, 2.05) is 84.1 Å². The van der Waals surface area contributed by atoms with E-state index in [0.29, 0.717) is 17.5 Å². The van der Waals surface area contributed by atoms with E-state index in [1.54, 1.807) is 0 Å². The highest BCUT2D eigenvalue weighted by Crippen LogP contribution is 2.44. The predicted molar refractivity (Wildman–Crippen MR) is 199 cm³/mol. The first kappa shape index (κ1) is 27.0. The Labute approximate surface area is 279 Å². The Morgan fingerprint density at radius 3 is 1.77 bits per heavy atom. The minimum atomic E-state index is 0.608. The van der Waals surface area contributed by atoms with Crippen molar-refractivity contribution in [3.63, 3.8) is 0 Å². The highest BCUT2D eigenvalue weighted by atomic mass is 32.1. The minimum absolute atomic E-state index is 0.608. The van der Waals surface area contributed by atoms with Crippen molar-refractivity contribution in [1.29, 1.82) is 0 Å². The van der Waals surface area contributed by atoms with Gasteiger partial charge in [-0.25, -0.2) is 15.0 Å². The maximum atomic E-state index is 6.69. The van der Waals surface area contributed by atoms with Crippen LogP contribution in [0.3, 0.4) is 0 Å². The standard InChI is InChI=1S/C43H25N3OS/c1-3-12-26(13-4-1)41-44-42(27-14-5-2-6-15-27)46-43(45-41)32-19-11-20-36-39(32)35-25-33(29-16-7-8-18-31(29)40(35)47-36)28-22-23-38-34(24-28)30-17-9-10-21-37(30)48-38/h1-25H. The van der Waals surface area contributed by atoms with Gasteiger partial charge in [0.05, 0.1) is 0 Å². The molecule has 0 N–H and O–H groups in total. The molecule has 0 amide bonds. The van der Waals surface area contributed by atoms with Gasteiger partial charge in [-0.15, -0.1) is 11.3 Å². The van der Waals surface area contributed by atoms with Crippen molar-refractivity contribution < 1.29 is 4.42 Å².